The van der Waals surface area contributed by atoms with E-state index in [1.165, 1.54) is 11.2 Å². The predicted octanol–water partition coefficient (Wildman–Crippen LogP) is 0.563. The molecule has 0 aromatic rings. The van der Waals surface area contributed by atoms with Crippen LogP contribution in [0.3, 0.4) is 0 Å². The van der Waals surface area contributed by atoms with E-state index in [9.17, 15) is 13.2 Å². The number of likely N-dealkylation sites (tertiary alicyclic amines) is 1. The number of piperidine rings is 1. The highest BCUT2D eigenvalue weighted by atomic mass is 32.2. The summed E-state index contributed by atoms with van der Waals surface area (Å²) >= 11 is 0. The Morgan fingerprint density at radius 1 is 1.36 bits per heavy atom. The highest BCUT2D eigenvalue weighted by Crippen LogP contribution is 2.29. The van der Waals surface area contributed by atoms with Gasteiger partial charge in [-0.05, 0) is 19.8 Å². The summed E-state index contributed by atoms with van der Waals surface area (Å²) in [4.78, 5) is 11.8. The molecule has 0 aromatic carbocycles. The lowest BCUT2D eigenvalue weighted by atomic mass is 9.98. The number of rotatable bonds is 1. The maximum atomic E-state index is 11.4. The molecule has 1 rings (SSSR count). The SMILES string of the molecule is CC1(S(C)(=O)=O)CCN(C(=O)O)CC1. The van der Waals surface area contributed by atoms with Crippen molar-refractivity contribution in [1.29, 1.82) is 0 Å². The maximum Gasteiger partial charge on any atom is 0.407 e. The Hall–Kier alpha value is -0.780. The van der Waals surface area contributed by atoms with Gasteiger partial charge in [-0.2, -0.15) is 0 Å². The normalized spacial score (nSPS) is 22.0. The molecule has 0 saturated carbocycles. The molecule has 1 aliphatic heterocycles. The second kappa shape index (κ2) is 3.42. The van der Waals surface area contributed by atoms with E-state index in [4.69, 9.17) is 5.11 Å². The van der Waals surface area contributed by atoms with E-state index in [0.29, 0.717) is 25.9 Å². The third-order valence-electron chi connectivity index (χ3n) is 2.99. The summed E-state index contributed by atoms with van der Waals surface area (Å²) in [5.74, 6) is 0. The number of sulfone groups is 1. The number of carboxylic acid groups (broad SMARTS) is 1. The molecule has 14 heavy (non-hydrogen) atoms. The summed E-state index contributed by atoms with van der Waals surface area (Å²) in [6.45, 7) is 2.29. The van der Waals surface area contributed by atoms with Gasteiger partial charge in [-0.25, -0.2) is 13.2 Å². The van der Waals surface area contributed by atoms with Crippen LogP contribution >= 0.6 is 0 Å². The van der Waals surface area contributed by atoms with E-state index in [2.05, 4.69) is 0 Å². The number of hydrogen-bond donors (Lipinski definition) is 1. The van der Waals surface area contributed by atoms with Gasteiger partial charge in [0.2, 0.25) is 0 Å². The van der Waals surface area contributed by atoms with Gasteiger partial charge in [0.1, 0.15) is 0 Å². The van der Waals surface area contributed by atoms with Gasteiger partial charge < -0.3 is 10.0 Å². The quantitative estimate of drug-likeness (QED) is 0.702. The Balaban J connectivity index is 2.72. The van der Waals surface area contributed by atoms with Gasteiger partial charge in [0, 0.05) is 19.3 Å². The Morgan fingerprint density at radius 2 is 1.79 bits per heavy atom. The van der Waals surface area contributed by atoms with Crippen molar-refractivity contribution in [3.8, 4) is 0 Å². The zero-order chi connectivity index (χ0) is 11.0. The standard InChI is InChI=1S/C8H15NO4S/c1-8(14(2,12)13)3-5-9(6-4-8)7(10)11/h3-6H2,1-2H3,(H,10,11). The molecule has 0 aromatic heterocycles. The summed E-state index contributed by atoms with van der Waals surface area (Å²) < 4.78 is 22.1. The highest BCUT2D eigenvalue weighted by Gasteiger charge is 2.39. The fraction of sp³-hybridized carbons (Fsp3) is 0.875. The number of amides is 1. The fourth-order valence-electron chi connectivity index (χ4n) is 1.54. The van der Waals surface area contributed by atoms with Crippen LogP contribution in [0, 0.1) is 0 Å². The minimum Gasteiger partial charge on any atom is -0.465 e. The van der Waals surface area contributed by atoms with E-state index in [1.807, 2.05) is 0 Å². The van der Waals surface area contributed by atoms with Crippen molar-refractivity contribution in [3.05, 3.63) is 0 Å². The van der Waals surface area contributed by atoms with Gasteiger partial charge in [0.05, 0.1) is 4.75 Å². The van der Waals surface area contributed by atoms with Crippen LogP contribution in [0.4, 0.5) is 4.79 Å². The lowest BCUT2D eigenvalue weighted by Crippen LogP contribution is -2.48. The number of hydrogen-bond acceptors (Lipinski definition) is 3. The van der Waals surface area contributed by atoms with Gasteiger partial charge in [-0.1, -0.05) is 0 Å². The first-order valence-electron chi connectivity index (χ1n) is 4.44. The average molecular weight is 221 g/mol. The van der Waals surface area contributed by atoms with Gasteiger partial charge in [-0.15, -0.1) is 0 Å². The predicted molar refractivity (Wildman–Crippen MR) is 52.1 cm³/mol. The zero-order valence-electron chi connectivity index (χ0n) is 8.36. The van der Waals surface area contributed by atoms with Gasteiger partial charge in [-0.3, -0.25) is 0 Å². The van der Waals surface area contributed by atoms with Crippen LogP contribution < -0.4 is 0 Å². The van der Waals surface area contributed by atoms with Crippen LogP contribution in [0.25, 0.3) is 0 Å². The first kappa shape index (κ1) is 11.3. The number of nitrogens with zero attached hydrogens (tertiary/aromatic N) is 1. The summed E-state index contributed by atoms with van der Waals surface area (Å²) in [6.07, 6.45) is 1.01. The second-order valence-corrected chi connectivity index (χ2v) is 6.52. The Labute approximate surface area is 83.6 Å². The average Bonchev–Trinajstić information content (AvgIpc) is 2.03. The van der Waals surface area contributed by atoms with Crippen molar-refractivity contribution in [3.63, 3.8) is 0 Å². The van der Waals surface area contributed by atoms with Crippen LogP contribution in [0.2, 0.25) is 0 Å². The molecule has 1 N–H and O–H groups in total. The molecule has 5 nitrogen and oxygen atoms in total. The van der Waals surface area contributed by atoms with Crippen molar-refractivity contribution in [2.45, 2.75) is 24.5 Å². The third kappa shape index (κ3) is 2.00. The minimum atomic E-state index is -3.09. The molecule has 0 radical (unpaired) electrons. The van der Waals surface area contributed by atoms with Crippen molar-refractivity contribution < 1.29 is 18.3 Å². The smallest absolute Gasteiger partial charge is 0.407 e. The minimum absolute atomic E-state index is 0.304. The summed E-state index contributed by atoms with van der Waals surface area (Å²) in [7, 11) is -3.09. The molecule has 82 valence electrons. The zero-order valence-corrected chi connectivity index (χ0v) is 9.17. The summed E-state index contributed by atoms with van der Waals surface area (Å²) in [5, 5.41) is 8.69. The van der Waals surface area contributed by atoms with Crippen LogP contribution in [-0.2, 0) is 9.84 Å². The molecule has 1 aliphatic rings. The molecule has 0 atom stereocenters. The van der Waals surface area contributed by atoms with E-state index in [1.54, 1.807) is 6.92 Å². The van der Waals surface area contributed by atoms with Crippen molar-refractivity contribution in [2.75, 3.05) is 19.3 Å². The molecule has 0 aliphatic carbocycles. The number of carbonyl (C=O) groups is 1. The lowest BCUT2D eigenvalue weighted by Gasteiger charge is -2.36. The Bertz CT molecular complexity index is 327. The van der Waals surface area contributed by atoms with E-state index >= 15 is 0 Å². The van der Waals surface area contributed by atoms with E-state index < -0.39 is 20.7 Å². The Kier molecular flexibility index (Phi) is 2.76. The third-order valence-corrected chi connectivity index (χ3v) is 5.19. The molecular formula is C8H15NO4S. The monoisotopic (exact) mass is 221 g/mol. The molecule has 0 spiro atoms. The van der Waals surface area contributed by atoms with Crippen molar-refractivity contribution in [2.24, 2.45) is 0 Å². The summed E-state index contributed by atoms with van der Waals surface area (Å²) in [6, 6.07) is 0. The molecule has 1 amide bonds. The van der Waals surface area contributed by atoms with Crippen LogP contribution in [0.1, 0.15) is 19.8 Å². The molecule has 1 heterocycles. The first-order valence-corrected chi connectivity index (χ1v) is 6.33. The van der Waals surface area contributed by atoms with Gasteiger partial charge in [0.15, 0.2) is 9.84 Å². The van der Waals surface area contributed by atoms with Crippen molar-refractivity contribution >= 4 is 15.9 Å². The molecule has 0 bridgehead atoms. The van der Waals surface area contributed by atoms with E-state index in [-0.39, 0.29) is 0 Å². The van der Waals surface area contributed by atoms with Crippen molar-refractivity contribution in [1.82, 2.24) is 4.90 Å². The largest absolute Gasteiger partial charge is 0.465 e. The molecule has 0 unspecified atom stereocenters. The topological polar surface area (TPSA) is 74.7 Å². The van der Waals surface area contributed by atoms with Crippen LogP contribution in [0.5, 0.6) is 0 Å². The fourth-order valence-corrected chi connectivity index (χ4v) is 2.47. The van der Waals surface area contributed by atoms with E-state index in [0.717, 1.165) is 0 Å². The second-order valence-electron chi connectivity index (χ2n) is 3.99. The first-order chi connectivity index (χ1) is 6.26. The lowest BCUT2D eigenvalue weighted by molar-refractivity contribution is 0.129. The Morgan fingerprint density at radius 3 is 2.07 bits per heavy atom. The maximum absolute atomic E-state index is 11.4. The molecular weight excluding hydrogens is 206 g/mol. The molecule has 1 saturated heterocycles. The van der Waals surface area contributed by atoms with Gasteiger partial charge in [0.25, 0.3) is 0 Å². The molecule has 1 fully saturated rings. The van der Waals surface area contributed by atoms with Crippen LogP contribution in [-0.4, -0.2) is 48.6 Å². The van der Waals surface area contributed by atoms with Crippen LogP contribution in [0.15, 0.2) is 0 Å². The summed E-state index contributed by atoms with van der Waals surface area (Å²) in [5.41, 5.74) is 0. The highest BCUT2D eigenvalue weighted by molar-refractivity contribution is 7.92. The molecule has 6 heteroatoms. The van der Waals surface area contributed by atoms with Gasteiger partial charge >= 0.3 is 6.09 Å².